The summed E-state index contributed by atoms with van der Waals surface area (Å²) >= 11 is 0. The fourth-order valence-electron chi connectivity index (χ4n) is 1.95. The van der Waals surface area contributed by atoms with Crippen LogP contribution in [-0.2, 0) is 6.54 Å². The number of hydrogen-bond donors (Lipinski definition) is 1. The van der Waals surface area contributed by atoms with Gasteiger partial charge in [0.15, 0.2) is 5.82 Å². The second-order valence-electron chi connectivity index (χ2n) is 4.26. The lowest BCUT2D eigenvalue weighted by Crippen LogP contribution is -2.03. The summed E-state index contributed by atoms with van der Waals surface area (Å²) in [6.45, 7) is 0.586. The lowest BCUT2D eigenvalue weighted by molar-refractivity contribution is 0.627. The van der Waals surface area contributed by atoms with Gasteiger partial charge in [0, 0.05) is 17.3 Å². The molecule has 0 bridgehead atoms. The average molecular weight is 253 g/mol. The third-order valence-corrected chi connectivity index (χ3v) is 2.94. The second-order valence-corrected chi connectivity index (χ2v) is 4.26. The van der Waals surface area contributed by atoms with E-state index in [1.807, 2.05) is 24.3 Å². The fraction of sp³-hybridized carbons (Fsp3) is 0.0667. The topological polar surface area (TPSA) is 37.8 Å². The van der Waals surface area contributed by atoms with Crippen molar-refractivity contribution in [2.45, 2.75) is 6.54 Å². The zero-order valence-electron chi connectivity index (χ0n) is 10.2. The molecule has 0 amide bonds. The van der Waals surface area contributed by atoms with Gasteiger partial charge in [-0.2, -0.15) is 5.10 Å². The van der Waals surface area contributed by atoms with Gasteiger partial charge in [-0.25, -0.2) is 4.39 Å². The standard InChI is InChI=1S/C15H12FN3/c16-13-7-5-11(6-8-13)9-17-15-14-4-2-1-3-12(14)10-18-19-15/h1-8,10H,9H2,(H,17,19). The van der Waals surface area contributed by atoms with Crippen LogP contribution in [0.25, 0.3) is 10.8 Å². The first-order valence-electron chi connectivity index (χ1n) is 6.02. The maximum atomic E-state index is 12.8. The van der Waals surface area contributed by atoms with E-state index in [4.69, 9.17) is 0 Å². The van der Waals surface area contributed by atoms with Crippen molar-refractivity contribution in [2.75, 3.05) is 5.32 Å². The zero-order chi connectivity index (χ0) is 13.1. The van der Waals surface area contributed by atoms with Gasteiger partial charge in [0.25, 0.3) is 0 Å². The van der Waals surface area contributed by atoms with Crippen LogP contribution in [0.5, 0.6) is 0 Å². The predicted molar refractivity (Wildman–Crippen MR) is 73.3 cm³/mol. The Morgan fingerprint density at radius 2 is 1.79 bits per heavy atom. The Hall–Kier alpha value is -2.49. The molecule has 19 heavy (non-hydrogen) atoms. The molecule has 4 heteroatoms. The first-order chi connectivity index (χ1) is 9.33. The number of rotatable bonds is 3. The summed E-state index contributed by atoms with van der Waals surface area (Å²) in [6.07, 6.45) is 1.73. The lowest BCUT2D eigenvalue weighted by Gasteiger charge is -2.07. The summed E-state index contributed by atoms with van der Waals surface area (Å²) in [5.74, 6) is 0.510. The van der Waals surface area contributed by atoms with Crippen molar-refractivity contribution in [1.29, 1.82) is 0 Å². The van der Waals surface area contributed by atoms with Gasteiger partial charge in [0.05, 0.1) is 6.20 Å². The minimum Gasteiger partial charge on any atom is -0.364 e. The van der Waals surface area contributed by atoms with Crippen molar-refractivity contribution in [2.24, 2.45) is 0 Å². The Balaban J connectivity index is 1.84. The van der Waals surface area contributed by atoms with E-state index in [0.29, 0.717) is 6.54 Å². The van der Waals surface area contributed by atoms with Crippen LogP contribution in [0.3, 0.4) is 0 Å². The van der Waals surface area contributed by atoms with E-state index in [9.17, 15) is 4.39 Å². The zero-order valence-corrected chi connectivity index (χ0v) is 10.2. The van der Waals surface area contributed by atoms with E-state index in [1.54, 1.807) is 18.3 Å². The summed E-state index contributed by atoms with van der Waals surface area (Å²) in [7, 11) is 0. The molecule has 3 nitrogen and oxygen atoms in total. The predicted octanol–water partition coefficient (Wildman–Crippen LogP) is 3.38. The number of nitrogens with zero attached hydrogens (tertiary/aromatic N) is 2. The summed E-state index contributed by atoms with van der Waals surface area (Å²) in [4.78, 5) is 0. The molecule has 1 N–H and O–H groups in total. The normalized spacial score (nSPS) is 10.6. The van der Waals surface area contributed by atoms with Crippen LogP contribution in [0.2, 0.25) is 0 Å². The molecule has 0 aliphatic heterocycles. The van der Waals surface area contributed by atoms with Gasteiger partial charge in [-0.1, -0.05) is 36.4 Å². The SMILES string of the molecule is Fc1ccc(CNc2nncc3ccccc23)cc1. The first-order valence-corrected chi connectivity index (χ1v) is 6.02. The van der Waals surface area contributed by atoms with Gasteiger partial charge in [0.1, 0.15) is 5.82 Å². The van der Waals surface area contributed by atoms with Crippen LogP contribution >= 0.6 is 0 Å². The monoisotopic (exact) mass is 253 g/mol. The Bertz CT molecular complexity index is 690. The van der Waals surface area contributed by atoms with Crippen LogP contribution in [0.4, 0.5) is 10.2 Å². The van der Waals surface area contributed by atoms with Crippen molar-refractivity contribution >= 4 is 16.6 Å². The molecule has 0 atom stereocenters. The van der Waals surface area contributed by atoms with Crippen molar-refractivity contribution in [1.82, 2.24) is 10.2 Å². The molecule has 0 spiro atoms. The molecule has 0 aliphatic carbocycles. The average Bonchev–Trinajstić information content (AvgIpc) is 2.47. The number of fused-ring (bicyclic) bond motifs is 1. The molecule has 0 aliphatic rings. The molecule has 0 saturated carbocycles. The van der Waals surface area contributed by atoms with E-state index in [0.717, 1.165) is 22.2 Å². The maximum absolute atomic E-state index is 12.8. The highest BCUT2D eigenvalue weighted by molar-refractivity contribution is 5.90. The minimum absolute atomic E-state index is 0.228. The third kappa shape index (κ3) is 2.52. The lowest BCUT2D eigenvalue weighted by atomic mass is 10.2. The van der Waals surface area contributed by atoms with E-state index in [-0.39, 0.29) is 5.82 Å². The summed E-state index contributed by atoms with van der Waals surface area (Å²) in [6, 6.07) is 14.3. The van der Waals surface area contributed by atoms with Crippen LogP contribution in [0.1, 0.15) is 5.56 Å². The number of benzene rings is 2. The Labute approximate surface area is 110 Å². The van der Waals surface area contributed by atoms with Crippen LogP contribution in [0, 0.1) is 5.82 Å². The van der Waals surface area contributed by atoms with E-state index < -0.39 is 0 Å². The summed E-state index contributed by atoms with van der Waals surface area (Å²) < 4.78 is 12.8. The van der Waals surface area contributed by atoms with Crippen molar-refractivity contribution in [3.63, 3.8) is 0 Å². The van der Waals surface area contributed by atoms with Gasteiger partial charge in [-0.3, -0.25) is 0 Å². The van der Waals surface area contributed by atoms with Gasteiger partial charge in [-0.05, 0) is 17.7 Å². The van der Waals surface area contributed by atoms with Gasteiger partial charge in [-0.15, -0.1) is 5.10 Å². The minimum atomic E-state index is -0.228. The van der Waals surface area contributed by atoms with Gasteiger partial charge in [0.2, 0.25) is 0 Å². The smallest absolute Gasteiger partial charge is 0.156 e. The van der Waals surface area contributed by atoms with Crippen molar-refractivity contribution in [3.05, 3.63) is 66.1 Å². The molecule has 0 saturated heterocycles. The quantitative estimate of drug-likeness (QED) is 0.777. The van der Waals surface area contributed by atoms with E-state index in [1.165, 1.54) is 12.1 Å². The molecule has 3 rings (SSSR count). The highest BCUT2D eigenvalue weighted by atomic mass is 19.1. The van der Waals surface area contributed by atoms with Crippen LogP contribution in [0.15, 0.2) is 54.7 Å². The molecule has 1 aromatic heterocycles. The largest absolute Gasteiger partial charge is 0.364 e. The first kappa shape index (κ1) is 11.6. The van der Waals surface area contributed by atoms with Crippen molar-refractivity contribution < 1.29 is 4.39 Å². The van der Waals surface area contributed by atoms with E-state index >= 15 is 0 Å². The molecular weight excluding hydrogens is 241 g/mol. The molecule has 0 unspecified atom stereocenters. The molecule has 94 valence electrons. The Morgan fingerprint density at radius 3 is 2.63 bits per heavy atom. The Morgan fingerprint density at radius 1 is 1.00 bits per heavy atom. The van der Waals surface area contributed by atoms with E-state index in [2.05, 4.69) is 15.5 Å². The molecule has 1 heterocycles. The number of halogens is 1. The van der Waals surface area contributed by atoms with Gasteiger partial charge >= 0.3 is 0 Å². The Kier molecular flexibility index (Phi) is 3.06. The summed E-state index contributed by atoms with van der Waals surface area (Å²) in [5.41, 5.74) is 0.996. The number of anilines is 1. The number of aromatic nitrogens is 2. The van der Waals surface area contributed by atoms with Crippen molar-refractivity contribution in [3.8, 4) is 0 Å². The second kappa shape index (κ2) is 5.02. The highest BCUT2D eigenvalue weighted by Gasteiger charge is 2.02. The molecule has 2 aromatic carbocycles. The fourth-order valence-corrected chi connectivity index (χ4v) is 1.95. The molecule has 0 radical (unpaired) electrons. The highest BCUT2D eigenvalue weighted by Crippen LogP contribution is 2.19. The summed E-state index contributed by atoms with van der Waals surface area (Å²) in [5, 5.41) is 13.4. The molecular formula is C15H12FN3. The van der Waals surface area contributed by atoms with Crippen LogP contribution < -0.4 is 5.32 Å². The molecule has 3 aromatic rings. The van der Waals surface area contributed by atoms with Crippen LogP contribution in [-0.4, -0.2) is 10.2 Å². The maximum Gasteiger partial charge on any atom is 0.156 e. The number of nitrogens with one attached hydrogen (secondary N) is 1. The molecule has 0 fully saturated rings. The third-order valence-electron chi connectivity index (χ3n) is 2.94. The van der Waals surface area contributed by atoms with Gasteiger partial charge < -0.3 is 5.32 Å². The number of hydrogen-bond acceptors (Lipinski definition) is 3.